The number of ether oxygens (including phenoxy) is 1. The number of nitrogens with zero attached hydrogens (tertiary/aromatic N) is 4. The minimum absolute atomic E-state index is 0.0594. The maximum absolute atomic E-state index is 6.70. The minimum Gasteiger partial charge on any atom is -0.457 e. The van der Waals surface area contributed by atoms with Crippen LogP contribution in [0.5, 0.6) is 11.5 Å². The minimum atomic E-state index is -0.0594. The van der Waals surface area contributed by atoms with Gasteiger partial charge < -0.3 is 4.74 Å². The second kappa shape index (κ2) is 10.8. The molecule has 0 unspecified atom stereocenters. The van der Waals surface area contributed by atoms with Gasteiger partial charge in [0.1, 0.15) is 23.0 Å². The zero-order chi connectivity index (χ0) is 33.4. The van der Waals surface area contributed by atoms with E-state index in [4.69, 9.17) is 14.7 Å². The molecule has 238 valence electrons. The average molecular weight is 637 g/mol. The number of rotatable bonds is 4. The van der Waals surface area contributed by atoms with Crippen LogP contribution in [0.25, 0.3) is 66.2 Å². The highest BCUT2D eigenvalue weighted by molar-refractivity contribution is 6.14. The fraction of sp³-hybridized carbons (Fsp3) is 0.136. The molecule has 4 heterocycles. The van der Waals surface area contributed by atoms with Crippen LogP contribution in [-0.4, -0.2) is 18.9 Å². The molecule has 5 nitrogen and oxygen atoms in total. The Kier molecular flexibility index (Phi) is 6.44. The van der Waals surface area contributed by atoms with Gasteiger partial charge in [0.2, 0.25) is 0 Å². The van der Waals surface area contributed by atoms with E-state index >= 15 is 0 Å². The lowest BCUT2D eigenvalue weighted by Gasteiger charge is -2.23. The molecule has 49 heavy (non-hydrogen) atoms. The fourth-order valence-corrected chi connectivity index (χ4v) is 7.69. The van der Waals surface area contributed by atoms with Gasteiger partial charge in [0.25, 0.3) is 0 Å². The number of fused-ring (bicyclic) bond motifs is 9. The largest absolute Gasteiger partial charge is 0.457 e. The second-order valence-electron chi connectivity index (χ2n) is 14.0. The van der Waals surface area contributed by atoms with Crippen molar-refractivity contribution >= 4 is 49.1 Å². The van der Waals surface area contributed by atoms with E-state index in [9.17, 15) is 0 Å². The zero-order valence-electron chi connectivity index (χ0n) is 28.3. The third-order valence-electron chi connectivity index (χ3n) is 9.85. The van der Waals surface area contributed by atoms with E-state index in [0.717, 1.165) is 56.0 Å². The lowest BCUT2D eigenvalue weighted by atomic mass is 9.83. The number of hydrogen-bond acceptors (Lipinski definition) is 3. The summed E-state index contributed by atoms with van der Waals surface area (Å²) in [5.74, 6) is 2.40. The molecule has 0 saturated carbocycles. The van der Waals surface area contributed by atoms with E-state index in [1.165, 1.54) is 38.4 Å². The van der Waals surface area contributed by atoms with Crippen molar-refractivity contribution in [1.82, 2.24) is 18.9 Å². The van der Waals surface area contributed by atoms with Gasteiger partial charge in [-0.2, -0.15) is 0 Å². The normalized spacial score (nSPS) is 12.2. The molecule has 5 heteroatoms. The predicted octanol–water partition coefficient (Wildman–Crippen LogP) is 11.5. The quantitative estimate of drug-likeness (QED) is 0.181. The summed E-state index contributed by atoms with van der Waals surface area (Å²) in [6.07, 6.45) is 3.87. The first-order valence-corrected chi connectivity index (χ1v) is 16.8. The zero-order valence-corrected chi connectivity index (χ0v) is 28.3. The SMILES string of the molecule is Cc1cccc(C)c1-c1cnc2c3cc(Oc4ccc5c6ccccc6n(-c6ccccn6)c5c4)ccc3c3c(C(C)(C)C)cccc3n12. The smallest absolute Gasteiger partial charge is 0.145 e. The summed E-state index contributed by atoms with van der Waals surface area (Å²) >= 11 is 0. The first-order chi connectivity index (χ1) is 23.8. The van der Waals surface area contributed by atoms with Gasteiger partial charge in [0.15, 0.2) is 0 Å². The van der Waals surface area contributed by atoms with Gasteiger partial charge >= 0.3 is 0 Å². The van der Waals surface area contributed by atoms with Crippen LogP contribution in [0.3, 0.4) is 0 Å². The van der Waals surface area contributed by atoms with Crippen molar-refractivity contribution in [3.8, 4) is 28.6 Å². The van der Waals surface area contributed by atoms with Gasteiger partial charge in [-0.05, 0) is 95.9 Å². The molecule has 0 N–H and O–H groups in total. The highest BCUT2D eigenvalue weighted by Crippen LogP contribution is 2.41. The van der Waals surface area contributed by atoms with E-state index in [0.29, 0.717) is 0 Å². The number of hydrogen-bond donors (Lipinski definition) is 0. The summed E-state index contributed by atoms with van der Waals surface area (Å²) < 4.78 is 11.3. The van der Waals surface area contributed by atoms with Crippen LogP contribution in [0.2, 0.25) is 0 Å². The molecule has 0 radical (unpaired) electrons. The van der Waals surface area contributed by atoms with E-state index in [2.05, 4.69) is 141 Å². The number of aromatic nitrogens is 4. The number of pyridine rings is 2. The highest BCUT2D eigenvalue weighted by Gasteiger charge is 2.23. The summed E-state index contributed by atoms with van der Waals surface area (Å²) in [6, 6.07) is 40.4. The monoisotopic (exact) mass is 636 g/mol. The number of aryl methyl sites for hydroxylation is 2. The average Bonchev–Trinajstić information content (AvgIpc) is 3.68. The molecule has 0 atom stereocenters. The van der Waals surface area contributed by atoms with Crippen molar-refractivity contribution in [3.05, 3.63) is 144 Å². The summed E-state index contributed by atoms with van der Waals surface area (Å²) in [6.45, 7) is 11.2. The predicted molar refractivity (Wildman–Crippen MR) is 202 cm³/mol. The standard InChI is InChI=1S/C44H36N4O/c1-27-12-10-13-28(2)41(27)39-26-46-43-34-24-29(20-22-33(34)42-35(44(3,4)5)15-11-17-37(42)48(39)43)49-30-19-21-32-31-14-6-7-16-36(31)47(38(32)25-30)40-18-8-9-23-45-40/h6-26H,1-5H3. The van der Waals surface area contributed by atoms with Gasteiger partial charge in [-0.25, -0.2) is 9.97 Å². The molecule has 5 aromatic carbocycles. The van der Waals surface area contributed by atoms with Crippen molar-refractivity contribution in [3.63, 3.8) is 0 Å². The molecule has 0 saturated heterocycles. The van der Waals surface area contributed by atoms with Gasteiger partial charge in [0.05, 0.1) is 28.4 Å². The Balaban J connectivity index is 1.27. The van der Waals surface area contributed by atoms with E-state index in [-0.39, 0.29) is 5.41 Å². The van der Waals surface area contributed by atoms with E-state index in [1.807, 2.05) is 30.6 Å². The molecule has 9 aromatic rings. The summed E-state index contributed by atoms with van der Waals surface area (Å²) in [7, 11) is 0. The maximum Gasteiger partial charge on any atom is 0.145 e. The van der Waals surface area contributed by atoms with Crippen LogP contribution in [0.1, 0.15) is 37.5 Å². The summed E-state index contributed by atoms with van der Waals surface area (Å²) in [4.78, 5) is 9.80. The lowest BCUT2D eigenvalue weighted by molar-refractivity contribution is 0.484. The number of benzene rings is 5. The van der Waals surface area contributed by atoms with E-state index < -0.39 is 0 Å². The molecule has 4 aromatic heterocycles. The van der Waals surface area contributed by atoms with Gasteiger partial charge in [-0.15, -0.1) is 0 Å². The summed E-state index contributed by atoms with van der Waals surface area (Å²) in [5.41, 5.74) is 10.3. The van der Waals surface area contributed by atoms with Gasteiger partial charge in [-0.1, -0.05) is 75.4 Å². The third kappa shape index (κ3) is 4.53. The molecule has 0 aliphatic rings. The van der Waals surface area contributed by atoms with Crippen LogP contribution in [-0.2, 0) is 5.41 Å². The van der Waals surface area contributed by atoms with Gasteiger partial charge in [0, 0.05) is 39.4 Å². The third-order valence-corrected chi connectivity index (χ3v) is 9.85. The van der Waals surface area contributed by atoms with Crippen molar-refractivity contribution in [2.75, 3.05) is 0 Å². The van der Waals surface area contributed by atoms with Crippen LogP contribution in [0.4, 0.5) is 0 Å². The van der Waals surface area contributed by atoms with Crippen LogP contribution in [0, 0.1) is 13.8 Å². The molecule has 0 spiro atoms. The van der Waals surface area contributed by atoms with Crippen LogP contribution >= 0.6 is 0 Å². The van der Waals surface area contributed by atoms with Crippen molar-refractivity contribution in [2.24, 2.45) is 0 Å². The van der Waals surface area contributed by atoms with Gasteiger partial charge in [-0.3, -0.25) is 8.97 Å². The molecular formula is C44H36N4O. The van der Waals surface area contributed by atoms with Crippen LogP contribution < -0.4 is 4.74 Å². The topological polar surface area (TPSA) is 44.3 Å². The fourth-order valence-electron chi connectivity index (χ4n) is 7.69. The number of para-hydroxylation sites is 1. The highest BCUT2D eigenvalue weighted by atomic mass is 16.5. The Labute approximate surface area is 285 Å². The van der Waals surface area contributed by atoms with Crippen LogP contribution in [0.15, 0.2) is 128 Å². The molecule has 0 fully saturated rings. The van der Waals surface area contributed by atoms with Crippen molar-refractivity contribution in [2.45, 2.75) is 40.0 Å². The Morgan fingerprint density at radius 2 is 1.29 bits per heavy atom. The maximum atomic E-state index is 6.70. The molecule has 0 bridgehead atoms. The molecular weight excluding hydrogens is 601 g/mol. The Morgan fingerprint density at radius 3 is 2.06 bits per heavy atom. The first-order valence-electron chi connectivity index (χ1n) is 16.8. The molecule has 0 aliphatic carbocycles. The van der Waals surface area contributed by atoms with Crippen molar-refractivity contribution in [1.29, 1.82) is 0 Å². The second-order valence-corrected chi connectivity index (χ2v) is 14.0. The number of imidazole rings is 1. The Morgan fingerprint density at radius 1 is 0.592 bits per heavy atom. The Bertz CT molecular complexity index is 2730. The molecule has 0 amide bonds. The molecule has 0 aliphatic heterocycles. The van der Waals surface area contributed by atoms with E-state index in [1.54, 1.807) is 0 Å². The molecule has 9 rings (SSSR count). The first kappa shape index (κ1) is 29.2. The lowest BCUT2D eigenvalue weighted by Crippen LogP contribution is -2.12. The van der Waals surface area contributed by atoms with Crippen molar-refractivity contribution < 1.29 is 4.74 Å². The summed E-state index contributed by atoms with van der Waals surface area (Å²) in [5, 5.41) is 5.82. The Hall–Kier alpha value is -5.94.